The van der Waals surface area contributed by atoms with Gasteiger partial charge in [0.1, 0.15) is 0 Å². The first-order chi connectivity index (χ1) is 8.08. The summed E-state index contributed by atoms with van der Waals surface area (Å²) in [4.78, 5) is 15.6. The average Bonchev–Trinajstić information content (AvgIpc) is 3.00. The fourth-order valence-corrected chi connectivity index (χ4v) is 1.52. The van der Waals surface area contributed by atoms with E-state index in [1.54, 1.807) is 0 Å². The first kappa shape index (κ1) is 13.8. The van der Waals surface area contributed by atoms with Gasteiger partial charge in [-0.1, -0.05) is 13.8 Å². The topological polar surface area (TPSA) is 62.7 Å². The highest BCUT2D eigenvalue weighted by molar-refractivity contribution is 5.81. The van der Waals surface area contributed by atoms with E-state index >= 15 is 0 Å². The van der Waals surface area contributed by atoms with Gasteiger partial charge in [0, 0.05) is 12.6 Å². The molecule has 0 radical (unpaired) electrons. The number of rotatable bonds is 5. The molecule has 0 spiro atoms. The van der Waals surface area contributed by atoms with Gasteiger partial charge < -0.3 is 15.4 Å². The van der Waals surface area contributed by atoms with Crippen molar-refractivity contribution in [3.05, 3.63) is 0 Å². The van der Waals surface area contributed by atoms with Crippen LogP contribution in [-0.4, -0.2) is 38.2 Å². The first-order valence-corrected chi connectivity index (χ1v) is 6.21. The minimum atomic E-state index is -0.218. The maximum Gasteiger partial charge on any atom is 0.310 e. The van der Waals surface area contributed by atoms with Gasteiger partial charge in [-0.3, -0.25) is 9.79 Å². The van der Waals surface area contributed by atoms with E-state index in [9.17, 15) is 4.79 Å². The number of esters is 1. The van der Waals surface area contributed by atoms with Crippen LogP contribution in [0, 0.1) is 11.8 Å². The number of carbonyl (C=O) groups is 1. The van der Waals surface area contributed by atoms with Crippen LogP contribution in [0.1, 0.15) is 27.2 Å². The van der Waals surface area contributed by atoms with E-state index in [0.29, 0.717) is 12.6 Å². The second-order valence-electron chi connectivity index (χ2n) is 4.61. The van der Waals surface area contributed by atoms with Gasteiger partial charge in [0.05, 0.1) is 19.6 Å². The molecule has 5 nitrogen and oxygen atoms in total. The van der Waals surface area contributed by atoms with Gasteiger partial charge in [-0.2, -0.15) is 0 Å². The van der Waals surface area contributed by atoms with Crippen molar-refractivity contribution in [2.75, 3.05) is 20.2 Å². The van der Waals surface area contributed by atoms with E-state index in [-0.39, 0.29) is 11.9 Å². The summed E-state index contributed by atoms with van der Waals surface area (Å²) in [5, 5.41) is 6.51. The number of aliphatic imine (C=N–C) groups is 1. The zero-order valence-electron chi connectivity index (χ0n) is 11.1. The third kappa shape index (κ3) is 4.63. The number of ether oxygens (including phenoxy) is 1. The molecule has 1 aliphatic carbocycles. The van der Waals surface area contributed by atoms with Crippen LogP contribution in [0.5, 0.6) is 0 Å². The van der Waals surface area contributed by atoms with E-state index in [1.165, 1.54) is 13.5 Å². The third-order valence-corrected chi connectivity index (χ3v) is 2.90. The normalized spacial score (nSPS) is 25.1. The molecule has 3 unspecified atom stereocenters. The first-order valence-electron chi connectivity index (χ1n) is 6.21. The van der Waals surface area contributed by atoms with Crippen molar-refractivity contribution in [3.8, 4) is 0 Å². The number of nitrogens with zero attached hydrogens (tertiary/aromatic N) is 1. The molecule has 1 aliphatic rings. The van der Waals surface area contributed by atoms with E-state index in [1.807, 2.05) is 13.8 Å². The summed E-state index contributed by atoms with van der Waals surface area (Å²) in [5.74, 6) is 1.09. The highest BCUT2D eigenvalue weighted by Crippen LogP contribution is 2.28. The molecular weight excluding hydrogens is 218 g/mol. The number of guanidine groups is 1. The number of hydrogen-bond donors (Lipinski definition) is 2. The van der Waals surface area contributed by atoms with Crippen molar-refractivity contribution in [1.82, 2.24) is 10.6 Å². The molecule has 0 aromatic carbocycles. The van der Waals surface area contributed by atoms with Gasteiger partial charge in [0.2, 0.25) is 0 Å². The standard InChI is InChI=1S/C12H23N3O2/c1-5-13-12(15-10-6-8(10)2)14-7-9(3)11(16)17-4/h8-10H,5-7H2,1-4H3,(H2,13,14,15). The van der Waals surface area contributed by atoms with Crippen LogP contribution < -0.4 is 10.6 Å². The Kier molecular flexibility index (Phi) is 5.25. The zero-order valence-corrected chi connectivity index (χ0v) is 11.1. The lowest BCUT2D eigenvalue weighted by molar-refractivity contribution is -0.144. The van der Waals surface area contributed by atoms with E-state index in [2.05, 4.69) is 27.3 Å². The quantitative estimate of drug-likeness (QED) is 0.424. The van der Waals surface area contributed by atoms with E-state index < -0.39 is 0 Å². The summed E-state index contributed by atoms with van der Waals surface area (Å²) in [7, 11) is 1.40. The van der Waals surface area contributed by atoms with Crippen molar-refractivity contribution in [2.24, 2.45) is 16.8 Å². The molecule has 1 saturated carbocycles. The molecule has 0 heterocycles. The van der Waals surface area contributed by atoms with Crippen LogP contribution in [0.25, 0.3) is 0 Å². The molecular formula is C12H23N3O2. The molecule has 98 valence electrons. The predicted octanol–water partition coefficient (Wildman–Crippen LogP) is 0.759. The Balaban J connectivity index is 2.42. The van der Waals surface area contributed by atoms with Gasteiger partial charge in [-0.25, -0.2) is 0 Å². The Morgan fingerprint density at radius 2 is 2.24 bits per heavy atom. The SMILES string of the molecule is CCNC(=NCC(C)C(=O)OC)NC1CC1C. The summed E-state index contributed by atoms with van der Waals surface area (Å²) < 4.78 is 4.67. The van der Waals surface area contributed by atoms with Crippen LogP contribution in [0.2, 0.25) is 0 Å². The van der Waals surface area contributed by atoms with Crippen LogP contribution in [-0.2, 0) is 9.53 Å². The highest BCUT2D eigenvalue weighted by Gasteiger charge is 2.33. The van der Waals surface area contributed by atoms with Crippen molar-refractivity contribution in [2.45, 2.75) is 33.2 Å². The molecule has 17 heavy (non-hydrogen) atoms. The summed E-state index contributed by atoms with van der Waals surface area (Å²) in [6, 6.07) is 0.529. The molecule has 3 atom stereocenters. The van der Waals surface area contributed by atoms with E-state index in [4.69, 9.17) is 0 Å². The van der Waals surface area contributed by atoms with Gasteiger partial charge >= 0.3 is 5.97 Å². The van der Waals surface area contributed by atoms with Gasteiger partial charge in [0.25, 0.3) is 0 Å². The van der Waals surface area contributed by atoms with Gasteiger partial charge in [-0.15, -0.1) is 0 Å². The Morgan fingerprint density at radius 3 is 2.71 bits per heavy atom. The second-order valence-corrected chi connectivity index (χ2v) is 4.61. The Bertz CT molecular complexity index is 291. The molecule has 0 aromatic rings. The fourth-order valence-electron chi connectivity index (χ4n) is 1.52. The zero-order chi connectivity index (χ0) is 12.8. The van der Waals surface area contributed by atoms with Crippen molar-refractivity contribution in [1.29, 1.82) is 0 Å². The van der Waals surface area contributed by atoms with E-state index in [0.717, 1.165) is 18.4 Å². The van der Waals surface area contributed by atoms with Gasteiger partial charge in [-0.05, 0) is 19.3 Å². The molecule has 0 amide bonds. The highest BCUT2D eigenvalue weighted by atomic mass is 16.5. The van der Waals surface area contributed by atoms with Crippen LogP contribution >= 0.6 is 0 Å². The predicted molar refractivity (Wildman–Crippen MR) is 67.9 cm³/mol. The van der Waals surface area contributed by atoms with Crippen molar-refractivity contribution < 1.29 is 9.53 Å². The summed E-state index contributed by atoms with van der Waals surface area (Å²) in [6.07, 6.45) is 1.19. The average molecular weight is 241 g/mol. The van der Waals surface area contributed by atoms with Crippen molar-refractivity contribution >= 4 is 11.9 Å². The Hall–Kier alpha value is -1.26. The molecule has 1 fully saturated rings. The largest absolute Gasteiger partial charge is 0.469 e. The summed E-state index contributed by atoms with van der Waals surface area (Å²) in [5.41, 5.74) is 0. The maximum atomic E-state index is 11.2. The Labute approximate surface area is 103 Å². The third-order valence-electron chi connectivity index (χ3n) is 2.90. The van der Waals surface area contributed by atoms with Gasteiger partial charge in [0.15, 0.2) is 5.96 Å². The van der Waals surface area contributed by atoms with Crippen LogP contribution in [0.3, 0.4) is 0 Å². The number of carbonyl (C=O) groups excluding carboxylic acids is 1. The lowest BCUT2D eigenvalue weighted by atomic mass is 10.2. The maximum absolute atomic E-state index is 11.2. The monoisotopic (exact) mass is 241 g/mol. The smallest absolute Gasteiger partial charge is 0.310 e. The number of hydrogen-bond acceptors (Lipinski definition) is 3. The lowest BCUT2D eigenvalue weighted by Crippen LogP contribution is -2.39. The second kappa shape index (κ2) is 6.47. The number of nitrogens with one attached hydrogen (secondary N) is 2. The molecule has 0 aromatic heterocycles. The number of methoxy groups -OCH3 is 1. The minimum Gasteiger partial charge on any atom is -0.469 e. The molecule has 1 rings (SSSR count). The van der Waals surface area contributed by atoms with Crippen LogP contribution in [0.15, 0.2) is 4.99 Å². The fraction of sp³-hybridized carbons (Fsp3) is 0.833. The Morgan fingerprint density at radius 1 is 1.59 bits per heavy atom. The molecule has 2 N–H and O–H groups in total. The minimum absolute atomic E-state index is 0.202. The summed E-state index contributed by atoms with van der Waals surface area (Å²) in [6.45, 7) is 7.32. The van der Waals surface area contributed by atoms with Crippen molar-refractivity contribution in [3.63, 3.8) is 0 Å². The molecule has 0 bridgehead atoms. The van der Waals surface area contributed by atoms with Crippen LogP contribution in [0.4, 0.5) is 0 Å². The molecule has 5 heteroatoms. The lowest BCUT2D eigenvalue weighted by Gasteiger charge is -2.12. The molecule has 0 saturated heterocycles. The summed E-state index contributed by atoms with van der Waals surface area (Å²) >= 11 is 0. The molecule has 0 aliphatic heterocycles.